The van der Waals surface area contributed by atoms with Gasteiger partial charge in [0.15, 0.2) is 0 Å². The lowest BCUT2D eigenvalue weighted by Crippen LogP contribution is -2.18. The van der Waals surface area contributed by atoms with Crippen LogP contribution in [0.4, 0.5) is 5.69 Å². The van der Waals surface area contributed by atoms with E-state index in [-0.39, 0.29) is 5.56 Å². The molecule has 5 N–H and O–H groups in total. The monoisotopic (exact) mass is 249 g/mol. The molecular weight excluding hydrogens is 240 g/mol. The molecule has 0 aliphatic rings. The number of nitrogens with two attached hydrogens (primary N) is 1. The van der Waals surface area contributed by atoms with Crippen LogP contribution >= 0.6 is 16.1 Å². The molecule has 0 aliphatic heterocycles. The Morgan fingerprint density at radius 1 is 1.27 bits per heavy atom. The Morgan fingerprint density at radius 3 is 2.07 bits per heavy atom. The maximum absolute atomic E-state index is 11.0. The first-order valence-electron chi connectivity index (χ1n) is 3.80. The predicted molar refractivity (Wildman–Crippen MR) is 54.4 cm³/mol. The SMILES string of the molecule is Nc1ccc(C(O)(P=O)P(=O)(O)O)cc1. The fourth-order valence-corrected chi connectivity index (χ4v) is 2.15. The molecule has 1 aromatic carbocycles. The summed E-state index contributed by atoms with van der Waals surface area (Å²) in [5.74, 6) is 0. The van der Waals surface area contributed by atoms with Crippen molar-refractivity contribution < 1.29 is 24.0 Å². The summed E-state index contributed by atoms with van der Waals surface area (Å²) in [7, 11) is -6.00. The van der Waals surface area contributed by atoms with Crippen LogP contribution in [0.5, 0.6) is 0 Å². The van der Waals surface area contributed by atoms with Crippen molar-refractivity contribution in [2.75, 3.05) is 5.73 Å². The van der Waals surface area contributed by atoms with E-state index in [9.17, 15) is 14.2 Å². The topological polar surface area (TPSA) is 121 Å². The summed E-state index contributed by atoms with van der Waals surface area (Å²) < 4.78 is 21.7. The number of hydrogen-bond donors (Lipinski definition) is 4. The molecule has 1 rings (SSSR count). The minimum absolute atomic E-state index is 0.151. The lowest BCUT2D eigenvalue weighted by Gasteiger charge is -2.21. The third-order valence-electron chi connectivity index (χ3n) is 1.83. The maximum atomic E-state index is 11.0. The third kappa shape index (κ3) is 2.25. The lowest BCUT2D eigenvalue weighted by atomic mass is 10.2. The number of benzene rings is 1. The highest BCUT2D eigenvalue weighted by molar-refractivity contribution is 7.62. The summed E-state index contributed by atoms with van der Waals surface area (Å²) in [5.41, 5.74) is 5.58. The Morgan fingerprint density at radius 2 is 1.73 bits per heavy atom. The van der Waals surface area contributed by atoms with E-state index in [4.69, 9.17) is 15.5 Å². The molecule has 0 heterocycles. The minimum Gasteiger partial charge on any atom is -0.399 e. The zero-order valence-corrected chi connectivity index (χ0v) is 9.23. The zero-order chi connectivity index (χ0) is 11.7. The van der Waals surface area contributed by atoms with Crippen molar-refractivity contribution in [1.82, 2.24) is 0 Å². The van der Waals surface area contributed by atoms with E-state index < -0.39 is 21.1 Å². The van der Waals surface area contributed by atoms with Crippen LogP contribution in [0.15, 0.2) is 24.3 Å². The van der Waals surface area contributed by atoms with E-state index in [0.29, 0.717) is 5.69 Å². The van der Waals surface area contributed by atoms with Crippen molar-refractivity contribution in [2.24, 2.45) is 0 Å². The first-order chi connectivity index (χ1) is 6.81. The van der Waals surface area contributed by atoms with Crippen molar-refractivity contribution in [1.29, 1.82) is 0 Å². The van der Waals surface area contributed by atoms with Crippen LogP contribution in [0, 0.1) is 0 Å². The van der Waals surface area contributed by atoms with Gasteiger partial charge >= 0.3 is 7.60 Å². The molecule has 0 amide bonds. The molecule has 0 aliphatic carbocycles. The molecule has 8 heteroatoms. The van der Waals surface area contributed by atoms with Crippen LogP contribution in [0.3, 0.4) is 0 Å². The molecule has 0 fully saturated rings. The van der Waals surface area contributed by atoms with Gasteiger partial charge in [0.1, 0.15) is 0 Å². The lowest BCUT2D eigenvalue weighted by molar-refractivity contribution is 0.168. The van der Waals surface area contributed by atoms with Crippen LogP contribution < -0.4 is 5.73 Å². The summed E-state index contributed by atoms with van der Waals surface area (Å²) >= 11 is 0. The number of rotatable bonds is 3. The quantitative estimate of drug-likeness (QED) is 0.465. The number of hydrogen-bond acceptors (Lipinski definition) is 4. The fraction of sp³-hybridized carbons (Fsp3) is 0.143. The number of aliphatic hydroxyl groups is 1. The Kier molecular flexibility index (Phi) is 3.28. The Bertz CT molecular complexity index is 414. The maximum Gasteiger partial charge on any atom is 0.373 e. The normalized spacial score (nSPS) is 16.2. The molecule has 0 spiro atoms. The average Bonchev–Trinajstić information content (AvgIpc) is 2.16. The van der Waals surface area contributed by atoms with E-state index in [1.165, 1.54) is 24.3 Å². The van der Waals surface area contributed by atoms with Gasteiger partial charge in [-0.25, -0.2) is 0 Å². The van der Waals surface area contributed by atoms with Crippen LogP contribution in [-0.2, 0) is 14.2 Å². The largest absolute Gasteiger partial charge is 0.399 e. The summed E-state index contributed by atoms with van der Waals surface area (Å²) in [4.78, 5) is 17.8. The molecular formula is C7H9NO5P2. The molecule has 15 heavy (non-hydrogen) atoms. The standard InChI is InChI=1S/C7H9NO5P2/c8-6-3-1-5(2-4-6)7(9,14-10)15(11,12)13/h1-4,9H,8H2,(H2,11,12,13). The summed E-state index contributed by atoms with van der Waals surface area (Å²) in [6, 6.07) is 5.11. The molecule has 6 nitrogen and oxygen atoms in total. The van der Waals surface area contributed by atoms with Gasteiger partial charge in [-0.15, -0.1) is 0 Å². The predicted octanol–water partition coefficient (Wildman–Crippen LogP) is 0.841. The van der Waals surface area contributed by atoms with E-state index in [1.54, 1.807) is 0 Å². The molecule has 1 atom stereocenters. The van der Waals surface area contributed by atoms with Crippen molar-refractivity contribution in [3.8, 4) is 0 Å². The molecule has 0 saturated carbocycles. The van der Waals surface area contributed by atoms with Gasteiger partial charge in [0, 0.05) is 11.3 Å². The molecule has 0 saturated heterocycles. The summed E-state index contributed by atoms with van der Waals surface area (Å²) in [6.45, 7) is 0. The van der Waals surface area contributed by atoms with Gasteiger partial charge < -0.3 is 20.6 Å². The molecule has 82 valence electrons. The van der Waals surface area contributed by atoms with E-state index in [1.807, 2.05) is 0 Å². The van der Waals surface area contributed by atoms with Crippen LogP contribution in [0.1, 0.15) is 5.56 Å². The number of anilines is 1. The van der Waals surface area contributed by atoms with Crippen LogP contribution in [0.2, 0.25) is 0 Å². The number of nitrogen functional groups attached to an aromatic ring is 1. The van der Waals surface area contributed by atoms with Crippen molar-refractivity contribution in [3.63, 3.8) is 0 Å². The van der Waals surface area contributed by atoms with Crippen LogP contribution in [-0.4, -0.2) is 14.9 Å². The highest BCUT2D eigenvalue weighted by Crippen LogP contribution is 2.61. The van der Waals surface area contributed by atoms with Gasteiger partial charge in [0.05, 0.1) is 0 Å². The smallest absolute Gasteiger partial charge is 0.373 e. The second-order valence-electron chi connectivity index (χ2n) is 2.89. The van der Waals surface area contributed by atoms with Crippen LogP contribution in [0.25, 0.3) is 0 Å². The Hall–Kier alpha value is -0.770. The highest BCUT2D eigenvalue weighted by atomic mass is 31.2. The second-order valence-corrected chi connectivity index (χ2v) is 5.81. The van der Waals surface area contributed by atoms with Crippen molar-refractivity contribution >= 4 is 21.7 Å². The highest BCUT2D eigenvalue weighted by Gasteiger charge is 2.48. The molecule has 1 unspecified atom stereocenters. The van der Waals surface area contributed by atoms with Gasteiger partial charge in [-0.1, -0.05) is 12.1 Å². The van der Waals surface area contributed by atoms with E-state index >= 15 is 0 Å². The Balaban J connectivity index is 3.30. The van der Waals surface area contributed by atoms with Crippen molar-refractivity contribution in [2.45, 2.75) is 5.08 Å². The first-order valence-corrected chi connectivity index (χ1v) is 6.22. The van der Waals surface area contributed by atoms with Gasteiger partial charge in [0.25, 0.3) is 5.08 Å². The Labute approximate surface area is 87.1 Å². The molecule has 0 radical (unpaired) electrons. The molecule has 0 bridgehead atoms. The summed E-state index contributed by atoms with van der Waals surface area (Å²) in [6.07, 6.45) is 0. The van der Waals surface area contributed by atoms with Gasteiger partial charge in [0.2, 0.25) is 8.46 Å². The second kappa shape index (κ2) is 4.00. The van der Waals surface area contributed by atoms with Gasteiger partial charge in [-0.05, 0) is 12.1 Å². The molecule has 1 aromatic rings. The van der Waals surface area contributed by atoms with Crippen molar-refractivity contribution in [3.05, 3.63) is 29.8 Å². The third-order valence-corrected chi connectivity index (χ3v) is 4.44. The van der Waals surface area contributed by atoms with Gasteiger partial charge in [-0.2, -0.15) is 0 Å². The van der Waals surface area contributed by atoms with E-state index in [0.717, 1.165) is 0 Å². The first kappa shape index (κ1) is 12.3. The molecule has 0 aromatic heterocycles. The van der Waals surface area contributed by atoms with Gasteiger partial charge in [-0.3, -0.25) is 9.13 Å². The van der Waals surface area contributed by atoms with E-state index in [2.05, 4.69) is 0 Å². The zero-order valence-electron chi connectivity index (χ0n) is 7.44. The summed E-state index contributed by atoms with van der Waals surface area (Å²) in [5, 5.41) is 6.88. The minimum atomic E-state index is -4.93. The average molecular weight is 249 g/mol. The fourth-order valence-electron chi connectivity index (χ4n) is 0.981.